The summed E-state index contributed by atoms with van der Waals surface area (Å²) in [5, 5.41) is 5.91. The molecular formula is C25H37N3O3S. The van der Waals surface area contributed by atoms with E-state index in [4.69, 9.17) is 4.74 Å². The van der Waals surface area contributed by atoms with Gasteiger partial charge in [-0.15, -0.1) is 19.2 Å². The number of hydrogen-bond donors (Lipinski definition) is 3. The van der Waals surface area contributed by atoms with E-state index in [1.165, 1.54) is 25.3 Å². The van der Waals surface area contributed by atoms with Crippen LogP contribution in [0.1, 0.15) is 38.5 Å². The molecule has 7 heteroatoms. The van der Waals surface area contributed by atoms with Crippen molar-refractivity contribution >= 4 is 30.1 Å². The third-order valence-electron chi connectivity index (χ3n) is 6.02. The molecule has 2 amide bonds. The van der Waals surface area contributed by atoms with E-state index in [1.54, 1.807) is 25.3 Å². The van der Waals surface area contributed by atoms with Gasteiger partial charge in [0, 0.05) is 49.2 Å². The summed E-state index contributed by atoms with van der Waals surface area (Å²) in [6.45, 7) is 10.9. The molecule has 1 aromatic carbocycles. The second kappa shape index (κ2) is 14.0. The molecule has 32 heavy (non-hydrogen) atoms. The molecule has 1 saturated heterocycles. The number of benzene rings is 1. The number of ether oxygens (including phenoxy) is 1. The Balaban J connectivity index is 0.000000235. The molecular weight excluding hydrogens is 422 g/mol. The Kier molecular flexibility index (Phi) is 11.4. The van der Waals surface area contributed by atoms with Crippen LogP contribution in [0.15, 0.2) is 48.4 Å². The number of piperazine rings is 1. The molecule has 1 heterocycles. The van der Waals surface area contributed by atoms with Crippen molar-refractivity contribution in [3.8, 4) is 5.75 Å². The molecule has 2 aliphatic rings. The van der Waals surface area contributed by atoms with Crippen molar-refractivity contribution in [3.05, 3.63) is 43.5 Å². The number of thiol groups is 1. The van der Waals surface area contributed by atoms with Crippen molar-refractivity contribution in [2.45, 2.75) is 43.4 Å². The van der Waals surface area contributed by atoms with Crippen LogP contribution in [0.3, 0.4) is 0 Å². The van der Waals surface area contributed by atoms with E-state index in [1.807, 2.05) is 11.0 Å². The lowest BCUT2D eigenvalue weighted by molar-refractivity contribution is -0.132. The summed E-state index contributed by atoms with van der Waals surface area (Å²) in [6, 6.07) is 5.19. The molecule has 176 valence electrons. The molecule has 0 spiro atoms. The Labute approximate surface area is 197 Å². The largest absolute Gasteiger partial charge is 0.496 e. The first kappa shape index (κ1) is 26.0. The van der Waals surface area contributed by atoms with E-state index < -0.39 is 0 Å². The quantitative estimate of drug-likeness (QED) is 0.308. The van der Waals surface area contributed by atoms with Crippen LogP contribution in [0.2, 0.25) is 0 Å². The van der Waals surface area contributed by atoms with Gasteiger partial charge in [0.2, 0.25) is 11.8 Å². The zero-order chi connectivity index (χ0) is 23.3. The van der Waals surface area contributed by atoms with Gasteiger partial charge in [0.1, 0.15) is 5.75 Å². The highest BCUT2D eigenvalue weighted by Crippen LogP contribution is 2.35. The number of carbonyl (C=O) groups excluding carboxylic acids is 2. The Bertz CT molecular complexity index is 778. The monoisotopic (exact) mass is 459 g/mol. The minimum atomic E-state index is -0.251. The van der Waals surface area contributed by atoms with Crippen molar-refractivity contribution in [2.24, 2.45) is 11.8 Å². The van der Waals surface area contributed by atoms with Crippen molar-refractivity contribution in [2.75, 3.05) is 38.6 Å². The minimum absolute atomic E-state index is 0.251. The fourth-order valence-electron chi connectivity index (χ4n) is 4.24. The zero-order valence-corrected chi connectivity index (χ0v) is 20.0. The number of hydrogen-bond acceptors (Lipinski definition) is 5. The van der Waals surface area contributed by atoms with Crippen LogP contribution < -0.4 is 15.4 Å². The van der Waals surface area contributed by atoms with Crippen LogP contribution in [0.4, 0.5) is 5.69 Å². The number of methoxy groups -OCH3 is 1. The number of anilines is 1. The predicted octanol–water partition coefficient (Wildman–Crippen LogP) is 4.30. The first-order valence-corrected chi connectivity index (χ1v) is 11.8. The Morgan fingerprint density at radius 2 is 1.97 bits per heavy atom. The maximum Gasteiger partial charge on any atom is 0.247 e. The molecule has 2 atom stereocenters. The van der Waals surface area contributed by atoms with Gasteiger partial charge in [-0.2, -0.15) is 0 Å². The summed E-state index contributed by atoms with van der Waals surface area (Å²) in [5.41, 5.74) is 0.657. The minimum Gasteiger partial charge on any atom is -0.496 e. The lowest BCUT2D eigenvalue weighted by Crippen LogP contribution is -2.46. The summed E-state index contributed by atoms with van der Waals surface area (Å²) in [7, 11) is 1.55. The molecule has 0 aromatic heterocycles. The van der Waals surface area contributed by atoms with Gasteiger partial charge in [-0.25, -0.2) is 0 Å². The summed E-state index contributed by atoms with van der Waals surface area (Å²) in [5.74, 6) is 2.35. The topological polar surface area (TPSA) is 70.7 Å². The van der Waals surface area contributed by atoms with Gasteiger partial charge in [-0.1, -0.05) is 19.1 Å². The van der Waals surface area contributed by atoms with E-state index in [2.05, 4.69) is 36.4 Å². The van der Waals surface area contributed by atoms with Gasteiger partial charge in [-0.05, 0) is 55.7 Å². The second-order valence-electron chi connectivity index (χ2n) is 8.32. The van der Waals surface area contributed by atoms with Crippen LogP contribution in [0.25, 0.3) is 0 Å². The number of nitrogens with one attached hydrogen (secondary N) is 2. The Morgan fingerprint density at radius 3 is 2.62 bits per heavy atom. The van der Waals surface area contributed by atoms with E-state index in [0.29, 0.717) is 17.3 Å². The molecule has 1 aliphatic heterocycles. The molecule has 0 radical (unpaired) electrons. The number of rotatable bonds is 8. The number of allylic oxidation sites excluding steroid dienone is 1. The summed E-state index contributed by atoms with van der Waals surface area (Å²) in [4.78, 5) is 25.8. The maximum absolute atomic E-state index is 12.0. The summed E-state index contributed by atoms with van der Waals surface area (Å²) in [6.07, 6.45) is 10.2. The van der Waals surface area contributed by atoms with E-state index in [9.17, 15) is 9.59 Å². The van der Waals surface area contributed by atoms with Crippen LogP contribution in [-0.4, -0.2) is 50.0 Å². The third-order valence-corrected chi connectivity index (χ3v) is 6.39. The molecule has 1 aliphatic carbocycles. The smallest absolute Gasteiger partial charge is 0.247 e. The molecule has 2 N–H and O–H groups in total. The molecule has 1 saturated carbocycles. The fraction of sp³-hybridized carbons (Fsp3) is 0.520. The van der Waals surface area contributed by atoms with Crippen molar-refractivity contribution in [3.63, 3.8) is 0 Å². The second-order valence-corrected chi connectivity index (χ2v) is 8.80. The lowest BCUT2D eigenvalue weighted by atomic mass is 9.98. The number of nitrogens with zero attached hydrogens (tertiary/aromatic N) is 1. The average molecular weight is 460 g/mol. The average Bonchev–Trinajstić information content (AvgIpc) is 3.27. The van der Waals surface area contributed by atoms with Crippen LogP contribution in [0.5, 0.6) is 5.75 Å². The lowest BCUT2D eigenvalue weighted by Gasteiger charge is -2.27. The number of amides is 2. The van der Waals surface area contributed by atoms with Crippen molar-refractivity contribution in [1.29, 1.82) is 0 Å². The molecule has 1 aromatic rings. The van der Waals surface area contributed by atoms with Crippen LogP contribution >= 0.6 is 12.6 Å². The van der Waals surface area contributed by atoms with Crippen LogP contribution in [0, 0.1) is 11.8 Å². The zero-order valence-electron chi connectivity index (χ0n) is 19.1. The molecule has 2 unspecified atom stereocenters. The van der Waals surface area contributed by atoms with Crippen LogP contribution in [-0.2, 0) is 9.59 Å². The first-order valence-electron chi connectivity index (χ1n) is 11.4. The van der Waals surface area contributed by atoms with E-state index in [-0.39, 0.29) is 5.91 Å². The van der Waals surface area contributed by atoms with Crippen molar-refractivity contribution < 1.29 is 14.3 Å². The van der Waals surface area contributed by atoms with Gasteiger partial charge >= 0.3 is 0 Å². The summed E-state index contributed by atoms with van der Waals surface area (Å²) >= 11 is 4.18. The fourth-order valence-corrected chi connectivity index (χ4v) is 4.47. The summed E-state index contributed by atoms with van der Waals surface area (Å²) < 4.78 is 5.05. The van der Waals surface area contributed by atoms with Gasteiger partial charge in [0.05, 0.1) is 7.11 Å². The Morgan fingerprint density at radius 1 is 1.25 bits per heavy atom. The highest BCUT2D eigenvalue weighted by Gasteiger charge is 2.25. The third kappa shape index (κ3) is 8.71. The predicted molar refractivity (Wildman–Crippen MR) is 133 cm³/mol. The van der Waals surface area contributed by atoms with Gasteiger partial charge in [0.15, 0.2) is 0 Å². The standard InChI is InChI=1S/C15H26N2O.C10H11NO2S/c1-2-3-13-4-5-14(12-13)6-7-15(18)17-10-8-16-9-11-17;1-3-10(12)11-7-4-5-9(14)8(6-7)13-2/h2,13-14,16H,1,3-12H2;3-6,14H,1H2,2H3,(H,11,12). The van der Waals surface area contributed by atoms with Gasteiger partial charge < -0.3 is 20.3 Å². The number of carbonyl (C=O) groups is 2. The SMILES string of the molecule is C=CC(=O)Nc1ccc(S)c(OC)c1.C=CCC1CCC(CCC(=O)N2CCNCC2)C1. The highest BCUT2D eigenvalue weighted by molar-refractivity contribution is 7.80. The first-order chi connectivity index (χ1) is 15.5. The normalized spacial score (nSPS) is 20.0. The molecule has 3 rings (SSSR count). The Hall–Kier alpha value is -2.25. The maximum atomic E-state index is 12.0. The van der Waals surface area contributed by atoms with E-state index in [0.717, 1.165) is 62.2 Å². The molecule has 2 fully saturated rings. The van der Waals surface area contributed by atoms with E-state index >= 15 is 0 Å². The van der Waals surface area contributed by atoms with Gasteiger partial charge in [-0.3, -0.25) is 9.59 Å². The van der Waals surface area contributed by atoms with Crippen molar-refractivity contribution in [1.82, 2.24) is 10.2 Å². The van der Waals surface area contributed by atoms with Gasteiger partial charge in [0.25, 0.3) is 0 Å². The highest BCUT2D eigenvalue weighted by atomic mass is 32.1. The molecule has 0 bridgehead atoms. The molecule has 6 nitrogen and oxygen atoms in total.